The van der Waals surface area contributed by atoms with Crippen molar-refractivity contribution in [3.8, 4) is 5.75 Å². The maximum atomic E-state index is 15.1. The SMILES string of the molecule is CN1C(=O)c2c(O)c(=O)c(C(=O)NCc3ccc(F)c(Cl)c3F)cn2[C@H]2C[C@@H]3C[C@]3(F)[C@H]21. The summed E-state index contributed by atoms with van der Waals surface area (Å²) in [7, 11) is 1.43. The van der Waals surface area contributed by atoms with Crippen LogP contribution in [0, 0.1) is 17.6 Å². The fourth-order valence-electron chi connectivity index (χ4n) is 5.07. The number of pyridine rings is 1. The fraction of sp³-hybridized carbons (Fsp3) is 0.381. The van der Waals surface area contributed by atoms with Gasteiger partial charge >= 0.3 is 0 Å². The van der Waals surface area contributed by atoms with Crippen molar-refractivity contribution in [3.63, 3.8) is 0 Å². The maximum Gasteiger partial charge on any atom is 0.274 e. The number of hydrogen-bond donors (Lipinski definition) is 2. The van der Waals surface area contributed by atoms with Gasteiger partial charge in [0, 0.05) is 31.3 Å². The van der Waals surface area contributed by atoms with Crippen molar-refractivity contribution >= 4 is 23.4 Å². The summed E-state index contributed by atoms with van der Waals surface area (Å²) in [6, 6.07) is 0.731. The molecule has 0 spiro atoms. The van der Waals surface area contributed by atoms with Gasteiger partial charge in [0.1, 0.15) is 27.9 Å². The van der Waals surface area contributed by atoms with Gasteiger partial charge in [0.05, 0.1) is 12.1 Å². The van der Waals surface area contributed by atoms with E-state index in [0.717, 1.165) is 18.3 Å². The topological polar surface area (TPSA) is 91.6 Å². The number of amides is 2. The molecule has 2 saturated carbocycles. The highest BCUT2D eigenvalue weighted by atomic mass is 35.5. The molecule has 2 heterocycles. The zero-order chi connectivity index (χ0) is 23.1. The molecule has 168 valence electrons. The zero-order valence-electron chi connectivity index (χ0n) is 16.7. The lowest BCUT2D eigenvalue weighted by atomic mass is 9.98. The second kappa shape index (κ2) is 6.74. The van der Waals surface area contributed by atoms with E-state index in [4.69, 9.17) is 11.6 Å². The molecule has 32 heavy (non-hydrogen) atoms. The minimum absolute atomic E-state index is 0.112. The molecule has 0 saturated heterocycles. The highest BCUT2D eigenvalue weighted by molar-refractivity contribution is 6.30. The number of halogens is 4. The number of alkyl halides is 1. The predicted octanol–water partition coefficient (Wildman–Crippen LogP) is 2.54. The summed E-state index contributed by atoms with van der Waals surface area (Å²) in [5.74, 6) is -4.79. The lowest BCUT2D eigenvalue weighted by molar-refractivity contribution is 0.0433. The Bertz CT molecular complexity index is 1270. The normalized spacial score (nSPS) is 27.6. The van der Waals surface area contributed by atoms with Crippen LogP contribution in [0.4, 0.5) is 13.2 Å². The van der Waals surface area contributed by atoms with Crippen molar-refractivity contribution in [1.29, 1.82) is 0 Å². The average molecular weight is 468 g/mol. The lowest BCUT2D eigenvalue weighted by Gasteiger charge is -2.40. The Morgan fingerprint density at radius 1 is 1.34 bits per heavy atom. The van der Waals surface area contributed by atoms with Gasteiger partial charge in [0.25, 0.3) is 11.8 Å². The van der Waals surface area contributed by atoms with Crippen LogP contribution >= 0.6 is 11.6 Å². The summed E-state index contributed by atoms with van der Waals surface area (Å²) in [6.07, 6.45) is 1.87. The van der Waals surface area contributed by atoms with Crippen molar-refractivity contribution in [2.75, 3.05) is 7.05 Å². The average Bonchev–Trinajstić information content (AvgIpc) is 3.31. The molecule has 1 aliphatic heterocycles. The fourth-order valence-corrected chi connectivity index (χ4v) is 5.25. The monoisotopic (exact) mass is 467 g/mol. The van der Waals surface area contributed by atoms with E-state index in [9.17, 15) is 28.3 Å². The standard InChI is InChI=1S/C21H17ClF3N3O4/c1-27-18-12(4-9-5-21(9,18)25)28-7-10(16(29)17(30)15(28)20(27)32)19(31)26-6-8-2-3-11(23)13(22)14(8)24/h2-3,7,9,12,18,30H,4-6H2,1H3,(H,26,31)/t9-,12+,18+,21-/m1/s1. The molecule has 2 amide bonds. The number of aromatic nitrogens is 1. The van der Waals surface area contributed by atoms with Crippen LogP contribution in [0.1, 0.15) is 45.3 Å². The summed E-state index contributed by atoms with van der Waals surface area (Å²) in [6.45, 7) is -0.407. The Labute approximate surface area is 184 Å². The minimum Gasteiger partial charge on any atom is -0.503 e. The van der Waals surface area contributed by atoms with E-state index in [1.54, 1.807) is 0 Å². The Balaban J connectivity index is 1.49. The van der Waals surface area contributed by atoms with Gasteiger partial charge in [-0.25, -0.2) is 13.2 Å². The third-order valence-electron chi connectivity index (χ3n) is 6.77. The molecule has 2 aromatic rings. The molecule has 1 aromatic carbocycles. The van der Waals surface area contributed by atoms with Crippen molar-refractivity contribution in [1.82, 2.24) is 14.8 Å². The predicted molar refractivity (Wildman–Crippen MR) is 106 cm³/mol. The molecule has 0 unspecified atom stereocenters. The number of aromatic hydroxyl groups is 1. The molecule has 2 fully saturated rings. The van der Waals surface area contributed by atoms with Gasteiger partial charge in [0.15, 0.2) is 11.4 Å². The van der Waals surface area contributed by atoms with Gasteiger partial charge in [0.2, 0.25) is 5.43 Å². The van der Waals surface area contributed by atoms with E-state index in [1.807, 2.05) is 0 Å². The molecular formula is C21H17ClF3N3O4. The van der Waals surface area contributed by atoms with E-state index in [2.05, 4.69) is 5.32 Å². The number of carbonyl (C=O) groups is 2. The van der Waals surface area contributed by atoms with E-state index >= 15 is 4.39 Å². The number of fused-ring (bicyclic) bond motifs is 5. The molecule has 11 heteroatoms. The van der Waals surface area contributed by atoms with E-state index < -0.39 is 69.5 Å². The van der Waals surface area contributed by atoms with Crippen LogP contribution in [0.5, 0.6) is 5.75 Å². The molecule has 7 nitrogen and oxygen atoms in total. The quantitative estimate of drug-likeness (QED) is 0.679. The lowest BCUT2D eigenvalue weighted by Crippen LogP contribution is -2.53. The number of nitrogens with one attached hydrogen (secondary N) is 1. The summed E-state index contributed by atoms with van der Waals surface area (Å²) in [5.41, 5.74) is -3.49. The number of hydrogen-bond acceptors (Lipinski definition) is 4. The Morgan fingerprint density at radius 3 is 2.78 bits per heavy atom. The summed E-state index contributed by atoms with van der Waals surface area (Å²) >= 11 is 5.53. The van der Waals surface area contributed by atoms with E-state index in [-0.39, 0.29) is 17.2 Å². The molecule has 2 N–H and O–H groups in total. The molecule has 4 atom stereocenters. The Hall–Kier alpha value is -3.01. The molecule has 5 rings (SSSR count). The van der Waals surface area contributed by atoms with Crippen LogP contribution in [0.3, 0.4) is 0 Å². The Kier molecular flexibility index (Phi) is 4.40. The summed E-state index contributed by atoms with van der Waals surface area (Å²) < 4.78 is 43.8. The second-order valence-corrected chi connectivity index (χ2v) is 8.86. The first-order valence-corrected chi connectivity index (χ1v) is 10.3. The van der Waals surface area contributed by atoms with Crippen LogP contribution in [0.15, 0.2) is 23.1 Å². The van der Waals surface area contributed by atoms with Crippen LogP contribution in [0.25, 0.3) is 0 Å². The first kappa shape index (κ1) is 20.9. The van der Waals surface area contributed by atoms with Gasteiger partial charge in [-0.2, -0.15) is 0 Å². The first-order chi connectivity index (χ1) is 15.1. The van der Waals surface area contributed by atoms with Crippen molar-refractivity contribution < 1.29 is 27.9 Å². The van der Waals surface area contributed by atoms with Crippen LogP contribution < -0.4 is 10.7 Å². The molecule has 3 aliphatic rings. The molecule has 1 aromatic heterocycles. The van der Waals surface area contributed by atoms with Crippen LogP contribution in [-0.4, -0.2) is 45.1 Å². The largest absolute Gasteiger partial charge is 0.503 e. The molecule has 2 aliphatic carbocycles. The summed E-state index contributed by atoms with van der Waals surface area (Å²) in [5, 5.41) is 12.0. The van der Waals surface area contributed by atoms with Gasteiger partial charge in [-0.3, -0.25) is 14.4 Å². The summed E-state index contributed by atoms with van der Waals surface area (Å²) in [4.78, 5) is 39.3. The number of rotatable bonds is 3. The first-order valence-electron chi connectivity index (χ1n) is 9.91. The zero-order valence-corrected chi connectivity index (χ0v) is 17.4. The molecule has 0 radical (unpaired) electrons. The van der Waals surface area contributed by atoms with Gasteiger partial charge in [-0.15, -0.1) is 0 Å². The third kappa shape index (κ3) is 2.71. The van der Waals surface area contributed by atoms with E-state index in [0.29, 0.717) is 12.8 Å². The van der Waals surface area contributed by atoms with E-state index in [1.165, 1.54) is 16.5 Å². The number of likely N-dealkylation sites (N-methyl/N-ethyl adjacent to an activating group) is 1. The van der Waals surface area contributed by atoms with Crippen molar-refractivity contribution in [2.45, 2.75) is 37.1 Å². The van der Waals surface area contributed by atoms with Crippen LogP contribution in [0.2, 0.25) is 5.02 Å². The van der Waals surface area contributed by atoms with Crippen molar-refractivity contribution in [2.24, 2.45) is 5.92 Å². The van der Waals surface area contributed by atoms with Gasteiger partial charge in [-0.1, -0.05) is 17.7 Å². The van der Waals surface area contributed by atoms with Crippen molar-refractivity contribution in [3.05, 3.63) is 62.0 Å². The number of nitrogens with zero attached hydrogens (tertiary/aromatic N) is 2. The second-order valence-electron chi connectivity index (χ2n) is 8.49. The number of benzene rings is 1. The van der Waals surface area contributed by atoms with Gasteiger partial charge < -0.3 is 19.9 Å². The maximum absolute atomic E-state index is 15.1. The molecular weight excluding hydrogens is 451 g/mol. The number of carbonyl (C=O) groups excluding carboxylic acids is 2. The minimum atomic E-state index is -1.52. The van der Waals surface area contributed by atoms with Gasteiger partial charge in [-0.05, 0) is 18.9 Å². The van der Waals surface area contributed by atoms with Crippen LogP contribution in [-0.2, 0) is 6.54 Å². The highest BCUT2D eigenvalue weighted by Gasteiger charge is 2.71. The smallest absolute Gasteiger partial charge is 0.274 e. The third-order valence-corrected chi connectivity index (χ3v) is 7.11. The molecule has 0 bridgehead atoms. The highest BCUT2D eigenvalue weighted by Crippen LogP contribution is 2.64. The Morgan fingerprint density at radius 2 is 2.06 bits per heavy atom.